The average molecular weight is 439 g/mol. The summed E-state index contributed by atoms with van der Waals surface area (Å²) >= 11 is 0. The van der Waals surface area contributed by atoms with Crippen LogP contribution in [-0.2, 0) is 6.54 Å². The minimum absolute atomic E-state index is 0.0708. The van der Waals surface area contributed by atoms with Crippen molar-refractivity contribution in [1.82, 2.24) is 15.5 Å². The van der Waals surface area contributed by atoms with E-state index in [1.165, 1.54) is 0 Å². The van der Waals surface area contributed by atoms with Crippen molar-refractivity contribution in [2.45, 2.75) is 47.2 Å². The molecule has 0 aromatic heterocycles. The Bertz CT molecular complexity index is 856. The van der Waals surface area contributed by atoms with Crippen LogP contribution in [0.3, 0.4) is 0 Å². The maximum Gasteiger partial charge on any atom is 0.253 e. The Morgan fingerprint density at radius 1 is 1.00 bits per heavy atom. The Hall–Kier alpha value is -3.02. The molecule has 0 saturated heterocycles. The van der Waals surface area contributed by atoms with Crippen molar-refractivity contribution >= 4 is 11.9 Å². The van der Waals surface area contributed by atoms with Gasteiger partial charge in [0.2, 0.25) is 0 Å². The van der Waals surface area contributed by atoms with Crippen molar-refractivity contribution in [2.75, 3.05) is 26.7 Å². The fourth-order valence-corrected chi connectivity index (χ4v) is 3.24. The van der Waals surface area contributed by atoms with Crippen molar-refractivity contribution in [3.05, 3.63) is 65.2 Å². The fraction of sp³-hybridized carbons (Fsp3) is 0.462. The first-order valence-corrected chi connectivity index (χ1v) is 11.5. The van der Waals surface area contributed by atoms with Crippen LogP contribution >= 0.6 is 0 Å². The molecule has 1 unspecified atom stereocenters. The lowest BCUT2D eigenvalue weighted by molar-refractivity contribution is 0.0773. The number of ether oxygens (including phenoxy) is 1. The van der Waals surface area contributed by atoms with E-state index in [-0.39, 0.29) is 11.9 Å². The van der Waals surface area contributed by atoms with Crippen LogP contribution in [0.25, 0.3) is 0 Å². The molecule has 0 fully saturated rings. The molecule has 1 amide bonds. The van der Waals surface area contributed by atoms with Crippen LogP contribution in [0.2, 0.25) is 0 Å². The Morgan fingerprint density at radius 2 is 1.62 bits per heavy atom. The summed E-state index contributed by atoms with van der Waals surface area (Å²) in [5, 5.41) is 6.76. The molecule has 2 rings (SSSR count). The van der Waals surface area contributed by atoms with Gasteiger partial charge in [-0.3, -0.25) is 9.79 Å². The first-order valence-electron chi connectivity index (χ1n) is 11.5. The van der Waals surface area contributed by atoms with Gasteiger partial charge >= 0.3 is 0 Å². The summed E-state index contributed by atoms with van der Waals surface area (Å²) in [5.74, 6) is 2.19. The highest BCUT2D eigenvalue weighted by Gasteiger charge is 2.12. The van der Waals surface area contributed by atoms with Crippen LogP contribution in [0.5, 0.6) is 5.75 Å². The highest BCUT2D eigenvalue weighted by molar-refractivity contribution is 5.94. The van der Waals surface area contributed by atoms with Gasteiger partial charge in [0.25, 0.3) is 5.91 Å². The zero-order valence-corrected chi connectivity index (χ0v) is 20.3. The lowest BCUT2D eigenvalue weighted by atomic mass is 10.1. The number of guanidine groups is 1. The van der Waals surface area contributed by atoms with Crippen LogP contribution in [0.1, 0.15) is 62.1 Å². The van der Waals surface area contributed by atoms with Gasteiger partial charge in [-0.2, -0.15) is 0 Å². The van der Waals surface area contributed by atoms with Crippen LogP contribution in [0.15, 0.2) is 53.5 Å². The third-order valence-electron chi connectivity index (χ3n) is 5.25. The first-order chi connectivity index (χ1) is 15.4. The van der Waals surface area contributed by atoms with E-state index in [1.807, 2.05) is 55.1 Å². The van der Waals surface area contributed by atoms with Gasteiger partial charge in [0, 0.05) is 32.2 Å². The van der Waals surface area contributed by atoms with Crippen LogP contribution in [0, 0.1) is 5.92 Å². The third kappa shape index (κ3) is 7.59. The largest absolute Gasteiger partial charge is 0.493 e. The molecule has 6 nitrogen and oxygen atoms in total. The zero-order chi connectivity index (χ0) is 23.5. The van der Waals surface area contributed by atoms with E-state index in [9.17, 15) is 4.79 Å². The average Bonchev–Trinajstić information content (AvgIpc) is 2.81. The topological polar surface area (TPSA) is 66.0 Å². The number of benzene rings is 2. The van der Waals surface area contributed by atoms with Gasteiger partial charge in [-0.25, -0.2) is 0 Å². The summed E-state index contributed by atoms with van der Waals surface area (Å²) < 4.78 is 5.76. The maximum atomic E-state index is 12.4. The van der Waals surface area contributed by atoms with Crippen molar-refractivity contribution < 1.29 is 9.53 Å². The maximum absolute atomic E-state index is 12.4. The van der Waals surface area contributed by atoms with E-state index < -0.39 is 0 Å². The van der Waals surface area contributed by atoms with Crippen molar-refractivity contribution in [2.24, 2.45) is 10.9 Å². The lowest BCUT2D eigenvalue weighted by Gasteiger charge is -2.19. The first kappa shape index (κ1) is 25.2. The lowest BCUT2D eigenvalue weighted by Crippen LogP contribution is -2.38. The van der Waals surface area contributed by atoms with Crippen LogP contribution in [0.4, 0.5) is 0 Å². The van der Waals surface area contributed by atoms with Crippen molar-refractivity contribution in [3.8, 4) is 5.75 Å². The standard InChI is InChI=1S/C26H38N4O2/c1-7-30(8-2)25(31)23-11-9-21(10-12-23)17-28-26(27-6)29-20(5)22-13-15-24(16-14-22)32-18-19(3)4/h9-16,19-20H,7-8,17-18H2,1-6H3,(H2,27,28,29). The fourth-order valence-electron chi connectivity index (χ4n) is 3.24. The van der Waals surface area contributed by atoms with E-state index in [2.05, 4.69) is 48.5 Å². The van der Waals surface area contributed by atoms with E-state index in [0.717, 1.165) is 28.4 Å². The molecule has 2 aromatic carbocycles. The predicted octanol–water partition coefficient (Wildman–Crippen LogP) is 4.63. The Balaban J connectivity index is 1.89. The van der Waals surface area contributed by atoms with E-state index in [1.54, 1.807) is 7.05 Å². The summed E-state index contributed by atoms with van der Waals surface area (Å²) in [6, 6.07) is 16.0. The molecule has 6 heteroatoms. The van der Waals surface area contributed by atoms with Crippen LogP contribution in [-0.4, -0.2) is 43.5 Å². The number of amides is 1. The molecule has 0 radical (unpaired) electrons. The zero-order valence-electron chi connectivity index (χ0n) is 20.3. The molecule has 32 heavy (non-hydrogen) atoms. The minimum atomic E-state index is 0.0708. The second-order valence-electron chi connectivity index (χ2n) is 8.24. The molecular weight excluding hydrogens is 400 g/mol. The summed E-state index contributed by atoms with van der Waals surface area (Å²) in [6.07, 6.45) is 0. The van der Waals surface area contributed by atoms with E-state index in [4.69, 9.17) is 4.74 Å². The van der Waals surface area contributed by atoms with Gasteiger partial charge < -0.3 is 20.3 Å². The molecule has 0 aliphatic carbocycles. The summed E-state index contributed by atoms with van der Waals surface area (Å²) in [7, 11) is 1.76. The van der Waals surface area contributed by atoms with Gasteiger partial charge in [-0.15, -0.1) is 0 Å². The van der Waals surface area contributed by atoms with Crippen molar-refractivity contribution in [3.63, 3.8) is 0 Å². The molecule has 0 aliphatic rings. The summed E-state index contributed by atoms with van der Waals surface area (Å²) in [6.45, 7) is 13.1. The predicted molar refractivity (Wildman–Crippen MR) is 132 cm³/mol. The molecular formula is C26H38N4O2. The highest BCUT2D eigenvalue weighted by atomic mass is 16.5. The van der Waals surface area contributed by atoms with Crippen molar-refractivity contribution in [1.29, 1.82) is 0 Å². The van der Waals surface area contributed by atoms with Gasteiger partial charge in [0.1, 0.15) is 5.75 Å². The number of carbonyl (C=O) groups is 1. The SMILES string of the molecule is CCN(CC)C(=O)c1ccc(CNC(=NC)NC(C)c2ccc(OCC(C)C)cc2)cc1. The van der Waals surface area contributed by atoms with E-state index in [0.29, 0.717) is 32.2 Å². The normalized spacial score (nSPS) is 12.4. The molecule has 0 bridgehead atoms. The Kier molecular flexibility index (Phi) is 10.1. The summed E-state index contributed by atoms with van der Waals surface area (Å²) in [5.41, 5.74) is 2.96. The summed E-state index contributed by atoms with van der Waals surface area (Å²) in [4.78, 5) is 18.6. The molecule has 0 aliphatic heterocycles. The number of aliphatic imine (C=N–C) groups is 1. The number of carbonyl (C=O) groups excluding carboxylic acids is 1. The molecule has 2 N–H and O–H groups in total. The Morgan fingerprint density at radius 3 is 2.16 bits per heavy atom. The second-order valence-corrected chi connectivity index (χ2v) is 8.24. The molecule has 0 spiro atoms. The third-order valence-corrected chi connectivity index (χ3v) is 5.25. The van der Waals surface area contributed by atoms with Crippen LogP contribution < -0.4 is 15.4 Å². The van der Waals surface area contributed by atoms with Gasteiger partial charge in [-0.05, 0) is 62.1 Å². The molecule has 174 valence electrons. The molecule has 0 saturated carbocycles. The number of nitrogens with one attached hydrogen (secondary N) is 2. The number of hydrogen-bond donors (Lipinski definition) is 2. The molecule has 1 atom stereocenters. The number of rotatable bonds is 10. The van der Waals surface area contributed by atoms with Gasteiger partial charge in [0.15, 0.2) is 5.96 Å². The minimum Gasteiger partial charge on any atom is -0.493 e. The molecule has 0 heterocycles. The monoisotopic (exact) mass is 438 g/mol. The second kappa shape index (κ2) is 12.7. The Labute approximate surface area is 193 Å². The smallest absolute Gasteiger partial charge is 0.253 e. The number of hydrogen-bond acceptors (Lipinski definition) is 3. The number of nitrogens with zero attached hydrogens (tertiary/aromatic N) is 2. The highest BCUT2D eigenvalue weighted by Crippen LogP contribution is 2.18. The quantitative estimate of drug-likeness (QED) is 0.419. The molecule has 2 aromatic rings. The van der Waals surface area contributed by atoms with Gasteiger partial charge in [0.05, 0.1) is 12.6 Å². The van der Waals surface area contributed by atoms with Gasteiger partial charge in [-0.1, -0.05) is 38.1 Å². The van der Waals surface area contributed by atoms with E-state index >= 15 is 0 Å².